The molecule has 0 saturated carbocycles. The van der Waals surface area contributed by atoms with E-state index in [0.717, 1.165) is 6.42 Å². The predicted molar refractivity (Wildman–Crippen MR) is 93.4 cm³/mol. The summed E-state index contributed by atoms with van der Waals surface area (Å²) in [7, 11) is 0. The second-order valence-corrected chi connectivity index (χ2v) is 6.32. The molecule has 5 heteroatoms. The van der Waals surface area contributed by atoms with E-state index in [1.54, 1.807) is 47.4 Å². The molecule has 1 amide bonds. The summed E-state index contributed by atoms with van der Waals surface area (Å²) in [6.45, 7) is 2.46. The Hall–Kier alpha value is -2.17. The average Bonchev–Trinajstić information content (AvgIpc) is 2.78. The third-order valence-electron chi connectivity index (χ3n) is 4.28. The van der Waals surface area contributed by atoms with Gasteiger partial charge < -0.3 is 10.0 Å². The molecule has 1 atom stereocenters. The van der Waals surface area contributed by atoms with Crippen molar-refractivity contribution < 1.29 is 14.7 Å². The predicted octanol–water partition coefficient (Wildman–Crippen LogP) is 3.56. The van der Waals surface area contributed by atoms with Gasteiger partial charge >= 0.3 is 0 Å². The van der Waals surface area contributed by atoms with Crippen molar-refractivity contribution in [3.05, 3.63) is 64.7 Å². The molecular formula is C19H18ClNO3. The van der Waals surface area contributed by atoms with Crippen molar-refractivity contribution in [1.82, 2.24) is 0 Å². The molecule has 1 heterocycles. The maximum atomic E-state index is 12.8. The zero-order chi connectivity index (χ0) is 17.3. The highest BCUT2D eigenvalue weighted by Crippen LogP contribution is 2.43. The van der Waals surface area contributed by atoms with Gasteiger partial charge in [-0.2, -0.15) is 0 Å². The fraction of sp³-hybridized carbons (Fsp3) is 0.263. The Balaban J connectivity index is 1.99. The Morgan fingerprint density at radius 1 is 1.17 bits per heavy atom. The van der Waals surface area contributed by atoms with Crippen molar-refractivity contribution in [3.8, 4) is 0 Å². The number of Topliss-reactive ketones (excluding diaryl/α,β-unsaturated/α-hetero) is 1. The maximum Gasteiger partial charge on any atom is 0.264 e. The van der Waals surface area contributed by atoms with E-state index in [2.05, 4.69) is 0 Å². The number of carbonyl (C=O) groups is 2. The normalized spacial score (nSPS) is 19.5. The number of halogens is 1. The summed E-state index contributed by atoms with van der Waals surface area (Å²) < 4.78 is 0. The maximum absolute atomic E-state index is 12.8. The van der Waals surface area contributed by atoms with Gasteiger partial charge in [0.2, 0.25) is 0 Å². The molecule has 1 N–H and O–H groups in total. The smallest absolute Gasteiger partial charge is 0.264 e. The summed E-state index contributed by atoms with van der Waals surface area (Å²) in [4.78, 5) is 27.0. The van der Waals surface area contributed by atoms with Crippen LogP contribution in [0.5, 0.6) is 0 Å². The Bertz CT molecular complexity index is 805. The minimum absolute atomic E-state index is 0.312. The lowest BCUT2D eigenvalue weighted by atomic mass is 9.88. The lowest BCUT2D eigenvalue weighted by Gasteiger charge is -2.22. The second-order valence-electron chi connectivity index (χ2n) is 5.91. The number of ketones is 1. The summed E-state index contributed by atoms with van der Waals surface area (Å²) in [5.41, 5.74) is -0.392. The van der Waals surface area contributed by atoms with Crippen molar-refractivity contribution in [3.63, 3.8) is 0 Å². The van der Waals surface area contributed by atoms with Crippen LogP contribution in [0.4, 0.5) is 5.69 Å². The number of benzene rings is 2. The molecule has 0 bridgehead atoms. The first-order valence-corrected chi connectivity index (χ1v) is 8.28. The molecule has 0 spiro atoms. The van der Waals surface area contributed by atoms with E-state index in [1.807, 2.05) is 13.0 Å². The Morgan fingerprint density at radius 3 is 2.54 bits per heavy atom. The number of carbonyl (C=O) groups excluding carboxylic acids is 2. The first-order chi connectivity index (χ1) is 11.5. The fourth-order valence-corrected chi connectivity index (χ4v) is 3.38. The van der Waals surface area contributed by atoms with Gasteiger partial charge in [0.05, 0.1) is 17.1 Å². The van der Waals surface area contributed by atoms with Crippen LogP contribution in [0.3, 0.4) is 0 Å². The van der Waals surface area contributed by atoms with Crippen molar-refractivity contribution in [2.24, 2.45) is 0 Å². The van der Waals surface area contributed by atoms with Gasteiger partial charge in [-0.05, 0) is 24.6 Å². The minimum Gasteiger partial charge on any atom is -0.375 e. The van der Waals surface area contributed by atoms with E-state index >= 15 is 0 Å². The lowest BCUT2D eigenvalue weighted by molar-refractivity contribution is -0.135. The molecule has 0 aromatic heterocycles. The van der Waals surface area contributed by atoms with E-state index < -0.39 is 11.5 Å². The SMILES string of the molecule is CCCN1C(=O)[C@](O)(CC(=O)c2ccccc2Cl)c2ccccc21. The summed E-state index contributed by atoms with van der Waals surface area (Å²) in [6, 6.07) is 13.7. The number of amides is 1. The van der Waals surface area contributed by atoms with Gasteiger partial charge in [-0.25, -0.2) is 0 Å². The Morgan fingerprint density at radius 2 is 1.83 bits per heavy atom. The molecular weight excluding hydrogens is 326 g/mol. The molecule has 4 nitrogen and oxygen atoms in total. The summed E-state index contributed by atoms with van der Waals surface area (Å²) in [5.74, 6) is -0.810. The van der Waals surface area contributed by atoms with E-state index in [0.29, 0.717) is 28.4 Å². The van der Waals surface area contributed by atoms with E-state index in [-0.39, 0.29) is 12.2 Å². The fourth-order valence-electron chi connectivity index (χ4n) is 3.14. The largest absolute Gasteiger partial charge is 0.375 e. The molecule has 1 aliphatic rings. The number of anilines is 1. The Kier molecular flexibility index (Phi) is 4.43. The number of hydrogen-bond donors (Lipinski definition) is 1. The molecule has 2 aromatic carbocycles. The van der Waals surface area contributed by atoms with Gasteiger partial charge in [0.15, 0.2) is 11.4 Å². The lowest BCUT2D eigenvalue weighted by Crippen LogP contribution is -2.42. The number of para-hydroxylation sites is 1. The number of aliphatic hydroxyl groups is 1. The van der Waals surface area contributed by atoms with Crippen LogP contribution in [-0.2, 0) is 10.4 Å². The molecule has 24 heavy (non-hydrogen) atoms. The summed E-state index contributed by atoms with van der Waals surface area (Å²) in [6.07, 6.45) is 0.432. The van der Waals surface area contributed by atoms with Crippen LogP contribution in [0.2, 0.25) is 5.02 Å². The zero-order valence-corrected chi connectivity index (χ0v) is 14.1. The summed E-state index contributed by atoms with van der Waals surface area (Å²) in [5, 5.41) is 11.4. The third kappa shape index (κ3) is 2.62. The number of nitrogens with zero attached hydrogens (tertiary/aromatic N) is 1. The van der Waals surface area contributed by atoms with E-state index in [9.17, 15) is 14.7 Å². The highest BCUT2D eigenvalue weighted by Gasteiger charge is 2.50. The summed E-state index contributed by atoms with van der Waals surface area (Å²) >= 11 is 6.07. The number of rotatable bonds is 5. The van der Waals surface area contributed by atoms with Crippen LogP contribution in [0, 0.1) is 0 Å². The highest BCUT2D eigenvalue weighted by atomic mass is 35.5. The molecule has 0 unspecified atom stereocenters. The molecule has 124 valence electrons. The highest BCUT2D eigenvalue weighted by molar-refractivity contribution is 6.34. The standard InChI is InChI=1S/C19H18ClNO3/c1-2-11-21-16-10-6-4-8-14(16)19(24,18(21)23)12-17(22)13-7-3-5-9-15(13)20/h3-10,24H,2,11-12H2,1H3/t19-/m0/s1. The molecule has 0 radical (unpaired) electrons. The van der Waals surface area contributed by atoms with E-state index in [1.165, 1.54) is 0 Å². The molecule has 1 aliphatic heterocycles. The molecule has 0 saturated heterocycles. The van der Waals surface area contributed by atoms with Crippen molar-refractivity contribution in [1.29, 1.82) is 0 Å². The van der Waals surface area contributed by atoms with Gasteiger partial charge in [-0.1, -0.05) is 48.9 Å². The van der Waals surface area contributed by atoms with Crippen LogP contribution in [-0.4, -0.2) is 23.3 Å². The molecule has 0 aliphatic carbocycles. The number of hydrogen-bond acceptors (Lipinski definition) is 3. The number of fused-ring (bicyclic) bond motifs is 1. The minimum atomic E-state index is -1.85. The van der Waals surface area contributed by atoms with Gasteiger partial charge in [-0.3, -0.25) is 9.59 Å². The van der Waals surface area contributed by atoms with Gasteiger partial charge in [0, 0.05) is 17.7 Å². The molecule has 0 fully saturated rings. The van der Waals surface area contributed by atoms with Crippen LogP contribution >= 0.6 is 11.6 Å². The first kappa shape index (κ1) is 16.7. The third-order valence-corrected chi connectivity index (χ3v) is 4.61. The monoisotopic (exact) mass is 343 g/mol. The van der Waals surface area contributed by atoms with Gasteiger partial charge in [0.1, 0.15) is 0 Å². The van der Waals surface area contributed by atoms with E-state index in [4.69, 9.17) is 11.6 Å². The first-order valence-electron chi connectivity index (χ1n) is 7.90. The molecule has 3 rings (SSSR count). The second kappa shape index (κ2) is 6.38. The van der Waals surface area contributed by atoms with Crippen LogP contribution < -0.4 is 4.90 Å². The van der Waals surface area contributed by atoms with Gasteiger partial charge in [0.25, 0.3) is 5.91 Å². The van der Waals surface area contributed by atoms with Crippen molar-refractivity contribution in [2.45, 2.75) is 25.4 Å². The Labute approximate surface area is 145 Å². The zero-order valence-electron chi connectivity index (χ0n) is 13.3. The van der Waals surface area contributed by atoms with Gasteiger partial charge in [-0.15, -0.1) is 0 Å². The molecule has 2 aromatic rings. The van der Waals surface area contributed by atoms with Crippen LogP contribution in [0.15, 0.2) is 48.5 Å². The average molecular weight is 344 g/mol. The topological polar surface area (TPSA) is 57.6 Å². The van der Waals surface area contributed by atoms with Crippen LogP contribution in [0.1, 0.15) is 35.7 Å². The quantitative estimate of drug-likeness (QED) is 0.844. The van der Waals surface area contributed by atoms with Crippen molar-refractivity contribution >= 4 is 29.0 Å². The van der Waals surface area contributed by atoms with Crippen molar-refractivity contribution in [2.75, 3.05) is 11.4 Å². The van der Waals surface area contributed by atoms with Crippen LogP contribution in [0.25, 0.3) is 0 Å².